The molecule has 1 aromatic heterocycles. The van der Waals surface area contributed by atoms with Crippen molar-refractivity contribution in [3.05, 3.63) is 20.8 Å². The summed E-state index contributed by atoms with van der Waals surface area (Å²) >= 11 is 5.26. The van der Waals surface area contributed by atoms with Crippen LogP contribution >= 0.6 is 27.3 Å². The molecular formula is C11H17BrN2OS. The molecule has 0 aliphatic carbocycles. The van der Waals surface area contributed by atoms with E-state index in [1.807, 2.05) is 0 Å². The summed E-state index contributed by atoms with van der Waals surface area (Å²) in [5, 5.41) is 2.11. The van der Waals surface area contributed by atoms with Gasteiger partial charge in [0, 0.05) is 41.5 Å². The Bertz CT molecular complexity index is 344. The molecule has 0 spiro atoms. The molecule has 0 bridgehead atoms. The number of methoxy groups -OCH3 is 1. The van der Waals surface area contributed by atoms with E-state index in [9.17, 15) is 0 Å². The van der Waals surface area contributed by atoms with Gasteiger partial charge in [-0.3, -0.25) is 4.90 Å². The zero-order chi connectivity index (χ0) is 11.5. The van der Waals surface area contributed by atoms with Crippen molar-refractivity contribution in [2.24, 2.45) is 5.73 Å². The van der Waals surface area contributed by atoms with Crippen molar-refractivity contribution in [3.63, 3.8) is 0 Å². The van der Waals surface area contributed by atoms with Crippen molar-refractivity contribution < 1.29 is 4.74 Å². The first-order chi connectivity index (χ1) is 7.74. The third kappa shape index (κ3) is 2.65. The third-order valence-corrected chi connectivity index (χ3v) is 4.88. The van der Waals surface area contributed by atoms with Gasteiger partial charge in [-0.25, -0.2) is 0 Å². The number of nitrogens with zero attached hydrogens (tertiary/aromatic N) is 1. The van der Waals surface area contributed by atoms with Gasteiger partial charge in [-0.2, -0.15) is 0 Å². The van der Waals surface area contributed by atoms with Crippen LogP contribution in [0.3, 0.4) is 0 Å². The molecular weight excluding hydrogens is 288 g/mol. The average molecular weight is 305 g/mol. The van der Waals surface area contributed by atoms with Gasteiger partial charge in [0.25, 0.3) is 0 Å². The minimum absolute atomic E-state index is 0.344. The Morgan fingerprint density at radius 3 is 3.06 bits per heavy atom. The Morgan fingerprint density at radius 2 is 2.56 bits per heavy atom. The molecule has 3 nitrogen and oxygen atoms in total. The van der Waals surface area contributed by atoms with Crippen LogP contribution in [0.25, 0.3) is 0 Å². The van der Waals surface area contributed by atoms with Crippen LogP contribution < -0.4 is 5.73 Å². The fourth-order valence-corrected chi connectivity index (χ4v) is 3.77. The lowest BCUT2D eigenvalue weighted by molar-refractivity contribution is 0.102. The fraction of sp³-hybridized carbons (Fsp3) is 0.636. The van der Waals surface area contributed by atoms with Crippen LogP contribution in [-0.2, 0) is 4.74 Å². The van der Waals surface area contributed by atoms with Gasteiger partial charge in [-0.1, -0.05) is 0 Å². The van der Waals surface area contributed by atoms with E-state index >= 15 is 0 Å². The fourth-order valence-electron chi connectivity index (χ4n) is 2.18. The molecule has 0 amide bonds. The maximum Gasteiger partial charge on any atom is 0.0710 e. The summed E-state index contributed by atoms with van der Waals surface area (Å²) in [4.78, 5) is 3.76. The average Bonchev–Trinajstić information content (AvgIpc) is 2.89. The van der Waals surface area contributed by atoms with Crippen LogP contribution in [0.4, 0.5) is 0 Å². The van der Waals surface area contributed by atoms with Crippen LogP contribution in [0.2, 0.25) is 0 Å². The molecule has 1 aliphatic heterocycles. The van der Waals surface area contributed by atoms with Crippen molar-refractivity contribution >= 4 is 27.3 Å². The van der Waals surface area contributed by atoms with Crippen LogP contribution in [0.15, 0.2) is 15.9 Å². The van der Waals surface area contributed by atoms with E-state index in [4.69, 9.17) is 10.5 Å². The summed E-state index contributed by atoms with van der Waals surface area (Å²) in [6.45, 7) is 2.74. The van der Waals surface area contributed by atoms with Crippen molar-refractivity contribution in [2.75, 3.05) is 26.7 Å². The smallest absolute Gasteiger partial charge is 0.0710 e. The summed E-state index contributed by atoms with van der Waals surface area (Å²) in [7, 11) is 1.79. The van der Waals surface area contributed by atoms with Gasteiger partial charge in [-0.05, 0) is 28.4 Å². The van der Waals surface area contributed by atoms with Crippen LogP contribution in [0.5, 0.6) is 0 Å². The highest BCUT2D eigenvalue weighted by Crippen LogP contribution is 2.31. The Labute approximate surface area is 109 Å². The molecule has 90 valence electrons. The van der Waals surface area contributed by atoms with Crippen LogP contribution in [0, 0.1) is 0 Å². The van der Waals surface area contributed by atoms with Crippen molar-refractivity contribution in [1.82, 2.24) is 4.90 Å². The largest absolute Gasteiger partial charge is 0.380 e. The number of nitrogens with two attached hydrogens (primary N) is 1. The van der Waals surface area contributed by atoms with Gasteiger partial charge < -0.3 is 10.5 Å². The molecule has 1 aromatic rings. The Balaban J connectivity index is 2.06. The summed E-state index contributed by atoms with van der Waals surface area (Å²) in [5.74, 6) is 0. The molecule has 2 unspecified atom stereocenters. The Morgan fingerprint density at radius 1 is 1.75 bits per heavy atom. The first-order valence-corrected chi connectivity index (χ1v) is 7.12. The first-order valence-electron chi connectivity index (χ1n) is 5.45. The second kappa shape index (κ2) is 5.60. The molecule has 2 heterocycles. The molecule has 16 heavy (non-hydrogen) atoms. The highest BCUT2D eigenvalue weighted by atomic mass is 79.9. The number of thiophene rings is 1. The Kier molecular flexibility index (Phi) is 4.38. The second-order valence-electron chi connectivity index (χ2n) is 4.06. The normalized spacial score (nSPS) is 23.8. The SMILES string of the molecule is COC1CCN(C(CN)c2cc(Br)cs2)C1. The van der Waals surface area contributed by atoms with E-state index in [1.165, 1.54) is 4.88 Å². The number of rotatable bonds is 4. The van der Waals surface area contributed by atoms with Gasteiger partial charge in [0.05, 0.1) is 12.1 Å². The number of halogens is 1. The first kappa shape index (κ1) is 12.5. The van der Waals surface area contributed by atoms with Crippen molar-refractivity contribution in [3.8, 4) is 0 Å². The quantitative estimate of drug-likeness (QED) is 0.927. The van der Waals surface area contributed by atoms with Crippen molar-refractivity contribution in [2.45, 2.75) is 18.6 Å². The number of hydrogen-bond donors (Lipinski definition) is 1. The molecule has 0 radical (unpaired) electrons. The highest BCUT2D eigenvalue weighted by Gasteiger charge is 2.28. The third-order valence-electron chi connectivity index (χ3n) is 3.09. The molecule has 2 N–H and O–H groups in total. The molecule has 2 rings (SSSR count). The topological polar surface area (TPSA) is 38.5 Å². The van der Waals surface area contributed by atoms with Crippen LogP contribution in [0.1, 0.15) is 17.3 Å². The maximum absolute atomic E-state index is 5.89. The number of ether oxygens (including phenoxy) is 1. The molecule has 5 heteroatoms. The van der Waals surface area contributed by atoms with E-state index in [0.29, 0.717) is 18.7 Å². The van der Waals surface area contributed by atoms with E-state index in [0.717, 1.165) is 24.0 Å². The van der Waals surface area contributed by atoms with Crippen LogP contribution in [-0.4, -0.2) is 37.7 Å². The number of hydrogen-bond acceptors (Lipinski definition) is 4. The predicted molar refractivity (Wildman–Crippen MR) is 70.8 cm³/mol. The summed E-state index contributed by atoms with van der Waals surface area (Å²) in [6, 6.07) is 2.51. The lowest BCUT2D eigenvalue weighted by Gasteiger charge is -2.25. The van der Waals surface area contributed by atoms with E-state index in [1.54, 1.807) is 18.4 Å². The lowest BCUT2D eigenvalue weighted by Crippen LogP contribution is -2.32. The summed E-state index contributed by atoms with van der Waals surface area (Å²) in [6.07, 6.45) is 1.48. The lowest BCUT2D eigenvalue weighted by atomic mass is 10.2. The molecule has 1 saturated heterocycles. The molecule has 2 atom stereocenters. The van der Waals surface area contributed by atoms with E-state index in [-0.39, 0.29) is 0 Å². The minimum Gasteiger partial charge on any atom is -0.380 e. The predicted octanol–water partition coefficient (Wildman–Crippen LogP) is 2.23. The zero-order valence-corrected chi connectivity index (χ0v) is 11.8. The standard InChI is InChI=1S/C11H17BrN2OS/c1-15-9-2-3-14(6-9)10(5-13)11-4-8(12)7-16-11/h4,7,9-10H,2-3,5-6,13H2,1H3. The van der Waals surface area contributed by atoms with Gasteiger partial charge in [0.15, 0.2) is 0 Å². The summed E-state index contributed by atoms with van der Waals surface area (Å²) < 4.78 is 6.54. The Hall–Kier alpha value is 0.0600. The monoisotopic (exact) mass is 304 g/mol. The summed E-state index contributed by atoms with van der Waals surface area (Å²) in [5.41, 5.74) is 5.89. The molecule has 1 aliphatic rings. The molecule has 1 fully saturated rings. The highest BCUT2D eigenvalue weighted by molar-refractivity contribution is 9.10. The van der Waals surface area contributed by atoms with Gasteiger partial charge in [-0.15, -0.1) is 11.3 Å². The number of likely N-dealkylation sites (tertiary alicyclic amines) is 1. The van der Waals surface area contributed by atoms with E-state index in [2.05, 4.69) is 32.3 Å². The molecule has 0 saturated carbocycles. The molecule has 0 aromatic carbocycles. The van der Waals surface area contributed by atoms with Crippen molar-refractivity contribution in [1.29, 1.82) is 0 Å². The van der Waals surface area contributed by atoms with Gasteiger partial charge >= 0.3 is 0 Å². The second-order valence-corrected chi connectivity index (χ2v) is 5.92. The van der Waals surface area contributed by atoms with Gasteiger partial charge in [0.2, 0.25) is 0 Å². The maximum atomic E-state index is 5.89. The zero-order valence-electron chi connectivity index (χ0n) is 9.36. The van der Waals surface area contributed by atoms with E-state index < -0.39 is 0 Å². The van der Waals surface area contributed by atoms with Gasteiger partial charge in [0.1, 0.15) is 0 Å². The minimum atomic E-state index is 0.344.